The van der Waals surface area contributed by atoms with E-state index in [2.05, 4.69) is 19.6 Å². The number of ether oxygens (including phenoxy) is 2. The van der Waals surface area contributed by atoms with Crippen molar-refractivity contribution < 1.29 is 41.9 Å². The molecule has 1 aliphatic carbocycles. The Morgan fingerprint density at radius 1 is 0.952 bits per heavy atom. The fourth-order valence-corrected chi connectivity index (χ4v) is 10.5. The maximum absolute atomic E-state index is 13.7. The highest BCUT2D eigenvalue weighted by molar-refractivity contribution is 8.03. The lowest BCUT2D eigenvalue weighted by molar-refractivity contribution is -0.658. The molecule has 0 saturated carbocycles. The maximum atomic E-state index is 13.7. The highest BCUT2D eigenvalue weighted by Crippen LogP contribution is 2.46. The second kappa shape index (κ2) is 21.9. The van der Waals surface area contributed by atoms with Crippen molar-refractivity contribution in [3.8, 4) is 0 Å². The van der Waals surface area contributed by atoms with Gasteiger partial charge in [-0.1, -0.05) is 72.0 Å². The van der Waals surface area contributed by atoms with Crippen molar-refractivity contribution in [2.45, 2.75) is 77.2 Å². The molecule has 0 atom stereocenters. The highest BCUT2D eigenvalue weighted by Gasteiger charge is 2.51. The minimum atomic E-state index is -3.89. The van der Waals surface area contributed by atoms with Crippen LogP contribution in [0.4, 0.5) is 5.69 Å². The Morgan fingerprint density at radius 2 is 1.68 bits per heavy atom. The summed E-state index contributed by atoms with van der Waals surface area (Å²) in [5.41, 5.74) is 1.22. The molecule has 1 amide bonds. The molecule has 1 saturated heterocycles. The van der Waals surface area contributed by atoms with Crippen LogP contribution < -0.4 is 19.9 Å². The molecule has 4 aliphatic rings. The molecule has 14 nitrogen and oxygen atoms in total. The third-order valence-electron chi connectivity index (χ3n) is 10.7. The number of allylic oxidation sites excluding steroid dienone is 6. The number of carbonyl (C=O) groups is 3. The van der Waals surface area contributed by atoms with Gasteiger partial charge in [-0.25, -0.2) is 8.42 Å². The summed E-state index contributed by atoms with van der Waals surface area (Å²) in [6.07, 6.45) is 16.7. The Kier molecular flexibility index (Phi) is 16.4. The van der Waals surface area contributed by atoms with E-state index in [0.29, 0.717) is 28.2 Å². The zero-order valence-corrected chi connectivity index (χ0v) is 38.8. The Labute approximate surface area is 378 Å². The summed E-state index contributed by atoms with van der Waals surface area (Å²) in [6, 6.07) is 15.2. The van der Waals surface area contributed by atoms with Gasteiger partial charge in [0.25, 0.3) is 5.01 Å². The van der Waals surface area contributed by atoms with E-state index in [-0.39, 0.29) is 45.1 Å². The van der Waals surface area contributed by atoms with Crippen LogP contribution in [0.1, 0.15) is 70.7 Å². The fourth-order valence-electron chi connectivity index (χ4n) is 7.95. The van der Waals surface area contributed by atoms with E-state index >= 15 is 0 Å². The summed E-state index contributed by atoms with van der Waals surface area (Å²) in [4.78, 5) is 50.0. The van der Waals surface area contributed by atoms with Crippen LogP contribution in [0.15, 0.2) is 103 Å². The number of likely N-dealkylation sites (N-methyl/N-ethyl adjacent to an activating group) is 1. The molecular weight excluding hydrogens is 861 g/mol. The predicted molar refractivity (Wildman–Crippen MR) is 248 cm³/mol. The smallest absolute Gasteiger partial charge is 0.324 e. The number of amides is 1. The monoisotopic (exact) mass is 916 g/mol. The standard InChI is InChI=1S/C37H40N4O8S3.C9H16N2/c1-5-38-31(42)23-40-27-12-8-10-14-29(27)50-33(40)18-16-25-20-26(22-37(21-25,35(44)48-6-2)36(45)49-7-3)17-19-34-41(24-32(43)39-52(4,46)47)28-13-9-11-15-30(28)51-34;1-2-5-9-10-6-4-8-11(9)7-3-1/h8-20H,5-7,21-24H2,1-4H3,(H-,38,39,42,43);1-8H2. The fraction of sp³-hybridized carbons (Fsp3) is 0.435. The largest absolute Gasteiger partial charge is 0.857 e. The van der Waals surface area contributed by atoms with Crippen molar-refractivity contribution in [3.63, 3.8) is 0 Å². The van der Waals surface area contributed by atoms with Crippen LogP contribution in [-0.2, 0) is 40.4 Å². The Morgan fingerprint density at radius 3 is 2.43 bits per heavy atom. The van der Waals surface area contributed by atoms with E-state index in [4.69, 9.17) is 9.47 Å². The molecule has 1 fully saturated rings. The molecule has 7 rings (SSSR count). The van der Waals surface area contributed by atoms with E-state index in [1.807, 2.05) is 78.6 Å². The van der Waals surface area contributed by atoms with Gasteiger partial charge in [0.15, 0.2) is 12.0 Å². The minimum absolute atomic E-state index is 0.00811. The number of anilines is 1. The number of hydrogen-bond acceptors (Lipinski definition) is 13. The molecule has 3 aliphatic heterocycles. The molecule has 0 radical (unpaired) electrons. The molecule has 1 aromatic heterocycles. The maximum Gasteiger partial charge on any atom is 0.324 e. The Balaban J connectivity index is 0.000000517. The van der Waals surface area contributed by atoms with Gasteiger partial charge in [-0.2, -0.15) is 8.96 Å². The van der Waals surface area contributed by atoms with Crippen LogP contribution in [0.3, 0.4) is 0 Å². The quantitative estimate of drug-likeness (QED) is 0.0708. The number of thioether (sulfide) groups is 1. The van der Waals surface area contributed by atoms with Crippen molar-refractivity contribution in [3.05, 3.63) is 94.0 Å². The molecule has 1 N–H and O–H groups in total. The molecule has 4 heterocycles. The van der Waals surface area contributed by atoms with Crippen molar-refractivity contribution in [2.24, 2.45) is 14.8 Å². The predicted octanol–water partition coefficient (Wildman–Crippen LogP) is 5.93. The molecule has 0 bridgehead atoms. The number of aromatic nitrogens is 1. The lowest BCUT2D eigenvalue weighted by Crippen LogP contribution is -2.44. The van der Waals surface area contributed by atoms with Crippen molar-refractivity contribution in [2.75, 3.05) is 57.1 Å². The van der Waals surface area contributed by atoms with Gasteiger partial charge in [0.2, 0.25) is 21.4 Å². The average Bonchev–Trinajstić information content (AvgIpc) is 3.67. The third kappa shape index (κ3) is 12.3. The van der Waals surface area contributed by atoms with E-state index in [1.54, 1.807) is 30.6 Å². The second-order valence-electron chi connectivity index (χ2n) is 15.4. The summed E-state index contributed by atoms with van der Waals surface area (Å²) >= 11 is 2.90. The van der Waals surface area contributed by atoms with E-state index < -0.39 is 33.3 Å². The SMILES string of the molecule is C1CCC2=NCCCN2CC1.CCNC(=O)CN1/C(=C/C=C2C=C(/C=C/c3sc4ccccc4[n+]3CC([O-])=NS(C)(=O)=O)CC(C(=O)OCC)(C(=O)OCC)C2)Sc2ccccc21. The van der Waals surface area contributed by atoms with E-state index in [9.17, 15) is 27.9 Å². The topological polar surface area (TPSA) is 174 Å². The zero-order chi connectivity index (χ0) is 45.0. The lowest BCUT2D eigenvalue weighted by atomic mass is 9.71. The first kappa shape index (κ1) is 47.2. The minimum Gasteiger partial charge on any atom is -0.857 e. The first-order chi connectivity index (χ1) is 30.3. The molecule has 0 spiro atoms. The number of carbonyl (C=O) groups excluding carboxylic acids is 3. The van der Waals surface area contributed by atoms with E-state index in [1.165, 1.54) is 74.1 Å². The molecule has 336 valence electrons. The van der Waals surface area contributed by atoms with Crippen molar-refractivity contribution in [1.29, 1.82) is 0 Å². The van der Waals surface area contributed by atoms with Crippen LogP contribution in [0.5, 0.6) is 0 Å². The van der Waals surface area contributed by atoms with Crippen LogP contribution in [0, 0.1) is 5.41 Å². The first-order valence-electron chi connectivity index (χ1n) is 21.4. The highest BCUT2D eigenvalue weighted by atomic mass is 32.2. The summed E-state index contributed by atoms with van der Waals surface area (Å²) in [5, 5.41) is 16.9. The van der Waals surface area contributed by atoms with Crippen molar-refractivity contribution >= 4 is 84.7 Å². The van der Waals surface area contributed by atoms with Gasteiger partial charge >= 0.3 is 11.9 Å². The zero-order valence-electron chi connectivity index (χ0n) is 36.3. The van der Waals surface area contributed by atoms with Gasteiger partial charge in [0.05, 0.1) is 36.0 Å². The van der Waals surface area contributed by atoms with Gasteiger partial charge in [-0.3, -0.25) is 19.4 Å². The molecule has 17 heteroatoms. The number of nitrogens with zero attached hydrogens (tertiary/aromatic N) is 5. The summed E-state index contributed by atoms with van der Waals surface area (Å²) in [7, 11) is -3.89. The third-order valence-corrected chi connectivity index (χ3v) is 13.5. The Bertz CT molecular complexity index is 2450. The summed E-state index contributed by atoms with van der Waals surface area (Å²) in [5.74, 6) is -0.948. The number of para-hydroxylation sites is 2. The van der Waals surface area contributed by atoms with Gasteiger partial charge in [0.1, 0.15) is 11.2 Å². The molecule has 63 heavy (non-hydrogen) atoms. The normalized spacial score (nSPS) is 18.8. The van der Waals surface area contributed by atoms with Crippen LogP contribution >= 0.6 is 23.1 Å². The molecule has 0 unspecified atom stereocenters. The number of rotatable bonds is 13. The number of hydrogen-bond donors (Lipinski definition) is 1. The van der Waals surface area contributed by atoms with Crippen LogP contribution in [-0.4, -0.2) is 95.1 Å². The number of benzene rings is 2. The van der Waals surface area contributed by atoms with E-state index in [0.717, 1.165) is 33.1 Å². The number of nitrogens with one attached hydrogen (secondary N) is 1. The first-order valence-corrected chi connectivity index (χ1v) is 24.9. The number of aliphatic imine (C=N–C) groups is 1. The average molecular weight is 917 g/mol. The summed E-state index contributed by atoms with van der Waals surface area (Å²) < 4.78 is 40.2. The summed E-state index contributed by atoms with van der Waals surface area (Å²) in [6.45, 7) is 9.25. The number of amidine groups is 1. The number of thiazole rings is 1. The van der Waals surface area contributed by atoms with Crippen LogP contribution in [0.2, 0.25) is 0 Å². The second-order valence-corrected chi connectivity index (χ2v) is 19.2. The van der Waals surface area contributed by atoms with Gasteiger partial charge in [-0.05, 0) is 88.3 Å². The van der Waals surface area contributed by atoms with Gasteiger partial charge in [0, 0.05) is 55.5 Å². The molecule has 3 aromatic rings. The molecular formula is C46H56N6O8S3. The lowest BCUT2D eigenvalue weighted by Gasteiger charge is -2.33. The van der Waals surface area contributed by atoms with Crippen molar-refractivity contribution in [1.82, 2.24) is 10.2 Å². The van der Waals surface area contributed by atoms with Crippen LogP contribution in [0.25, 0.3) is 16.3 Å². The number of sulfonamides is 1. The number of fused-ring (bicyclic) bond motifs is 3. The molecule has 2 aromatic carbocycles. The van der Waals surface area contributed by atoms with Gasteiger partial charge < -0.3 is 29.7 Å². The number of esters is 2. The van der Waals surface area contributed by atoms with Gasteiger partial charge in [-0.15, -0.1) is 0 Å². The Hall–Kier alpha value is -5.26.